The maximum absolute atomic E-state index is 7.22. The molecule has 2 aliphatic rings. The molecule has 1 aliphatic carbocycles. The van der Waals surface area contributed by atoms with Gasteiger partial charge in [0.1, 0.15) is 5.58 Å². The summed E-state index contributed by atoms with van der Waals surface area (Å²) in [5, 5.41) is 7.04. The van der Waals surface area contributed by atoms with E-state index in [1.807, 2.05) is 11.8 Å². The molecule has 0 atom stereocenters. The Morgan fingerprint density at radius 3 is 1.89 bits per heavy atom. The van der Waals surface area contributed by atoms with E-state index in [1.54, 1.807) is 0 Å². The fourth-order valence-corrected chi connectivity index (χ4v) is 12.3. The van der Waals surface area contributed by atoms with Gasteiger partial charge >= 0.3 is 0 Å². The third-order valence-corrected chi connectivity index (χ3v) is 14.7. The molecule has 0 N–H and O–H groups in total. The summed E-state index contributed by atoms with van der Waals surface area (Å²) in [6.07, 6.45) is 0. The number of benzene rings is 10. The van der Waals surface area contributed by atoms with Gasteiger partial charge in [0.15, 0.2) is 5.58 Å². The van der Waals surface area contributed by atoms with Gasteiger partial charge in [-0.25, -0.2) is 0 Å². The smallest absolute Gasteiger partial charge is 0.160 e. The molecule has 294 valence electrons. The molecule has 0 radical (unpaired) electrons. The lowest BCUT2D eigenvalue weighted by molar-refractivity contribution is 0.668. The second-order valence-electron chi connectivity index (χ2n) is 16.8. The van der Waals surface area contributed by atoms with E-state index in [9.17, 15) is 0 Å². The first-order chi connectivity index (χ1) is 31.3. The topological polar surface area (TPSA) is 21.3 Å². The fourth-order valence-electron chi connectivity index (χ4n) is 11.1. The summed E-state index contributed by atoms with van der Waals surface area (Å²) in [5.74, 6) is 0. The Morgan fingerprint density at radius 1 is 0.444 bits per heavy atom. The van der Waals surface area contributed by atoms with Crippen LogP contribution in [0.25, 0.3) is 71.3 Å². The van der Waals surface area contributed by atoms with Crippen molar-refractivity contribution >= 4 is 83.3 Å². The number of furan rings is 1. The molecule has 63 heavy (non-hydrogen) atoms. The van der Waals surface area contributed by atoms with Gasteiger partial charge in [-0.1, -0.05) is 157 Å². The predicted molar refractivity (Wildman–Crippen MR) is 262 cm³/mol. The zero-order valence-electron chi connectivity index (χ0n) is 34.0. The number of hydrogen-bond acceptors (Lipinski definition) is 3. The minimum Gasteiger partial charge on any atom is -0.454 e. The van der Waals surface area contributed by atoms with Crippen LogP contribution in [0.1, 0.15) is 22.3 Å². The molecule has 1 spiro atoms. The first kappa shape index (κ1) is 34.9. The first-order valence-electron chi connectivity index (χ1n) is 21.6. The summed E-state index contributed by atoms with van der Waals surface area (Å²) in [7, 11) is 0. The third kappa shape index (κ3) is 4.76. The fraction of sp³-hybridized carbons (Fsp3) is 0.0169. The summed E-state index contributed by atoms with van der Waals surface area (Å²) in [6.45, 7) is 0. The van der Waals surface area contributed by atoms with Crippen LogP contribution in [0.15, 0.2) is 233 Å². The highest BCUT2D eigenvalue weighted by molar-refractivity contribution is 7.99. The number of hydrogen-bond donors (Lipinski definition) is 0. The number of fused-ring (bicyclic) bond motifs is 17. The van der Waals surface area contributed by atoms with Gasteiger partial charge in [0, 0.05) is 48.4 Å². The molecule has 0 unspecified atom stereocenters. The van der Waals surface area contributed by atoms with E-state index in [2.05, 4.69) is 228 Å². The molecule has 0 amide bonds. The van der Waals surface area contributed by atoms with Crippen LogP contribution in [-0.2, 0) is 5.41 Å². The van der Waals surface area contributed by atoms with Gasteiger partial charge in [0.05, 0.1) is 22.1 Å². The second kappa shape index (κ2) is 13.1. The second-order valence-corrected chi connectivity index (χ2v) is 17.9. The quantitative estimate of drug-likeness (QED) is 0.176. The van der Waals surface area contributed by atoms with Crippen molar-refractivity contribution in [1.82, 2.24) is 4.57 Å². The number of rotatable bonds is 4. The lowest BCUT2D eigenvalue weighted by Gasteiger charge is -2.40. The van der Waals surface area contributed by atoms with Crippen molar-refractivity contribution in [3.63, 3.8) is 0 Å². The molecule has 0 fully saturated rings. The Bertz CT molecular complexity index is 3810. The van der Waals surface area contributed by atoms with E-state index in [-0.39, 0.29) is 0 Å². The molecular weight excluding hydrogens is 785 g/mol. The zero-order chi connectivity index (χ0) is 41.2. The van der Waals surface area contributed by atoms with Gasteiger partial charge in [0.2, 0.25) is 0 Å². The average molecular weight is 821 g/mol. The van der Waals surface area contributed by atoms with E-state index < -0.39 is 5.41 Å². The van der Waals surface area contributed by atoms with Gasteiger partial charge < -0.3 is 13.9 Å². The monoisotopic (exact) mass is 820 g/mol. The van der Waals surface area contributed by atoms with Crippen LogP contribution in [-0.4, -0.2) is 4.57 Å². The summed E-state index contributed by atoms with van der Waals surface area (Å²) in [6, 6.07) is 80.3. The molecule has 0 saturated carbocycles. The van der Waals surface area contributed by atoms with Crippen LogP contribution in [0.4, 0.5) is 17.1 Å². The first-order valence-corrected chi connectivity index (χ1v) is 22.4. The van der Waals surface area contributed by atoms with Crippen LogP contribution in [0.2, 0.25) is 0 Å². The van der Waals surface area contributed by atoms with Crippen LogP contribution in [0, 0.1) is 0 Å². The van der Waals surface area contributed by atoms with Gasteiger partial charge in [0.25, 0.3) is 0 Å². The molecular formula is C59H36N2OS. The van der Waals surface area contributed by atoms with Gasteiger partial charge in [-0.15, -0.1) is 0 Å². The summed E-state index contributed by atoms with van der Waals surface area (Å²) in [4.78, 5) is 5.02. The standard InChI is InChI=1S/C59H36N2OS/c1-2-18-39(19-3-1)61-50-26-12-7-20-42(50)45-35-41(32-33-51(45)61)60(40-31-30-37-16-4-5-17-38(37)34-40)52-36-49-56(57-44-22-8-13-27-53(44)62-58(52)57)43-21-6-9-23-46(43)59(49)47-24-10-14-28-54(47)63-55-29-15-11-25-48(55)59/h1-36H. The highest BCUT2D eigenvalue weighted by Crippen LogP contribution is 2.65. The molecule has 4 heteroatoms. The minimum atomic E-state index is -0.576. The number of aromatic nitrogens is 1. The molecule has 2 aromatic heterocycles. The van der Waals surface area contributed by atoms with Crippen LogP contribution in [0.5, 0.6) is 0 Å². The van der Waals surface area contributed by atoms with Gasteiger partial charge in [-0.3, -0.25) is 0 Å². The Kier molecular flexibility index (Phi) is 7.26. The SMILES string of the molecule is c1ccc(-n2c3ccccc3c3cc(N(c4ccc5ccccc5c4)c4cc5c(c6c4oc4ccccc46)-c4ccccc4C54c5ccccc5Sc5ccccc54)ccc32)cc1. The average Bonchev–Trinajstić information content (AvgIpc) is 3.99. The molecule has 12 aromatic rings. The third-order valence-electron chi connectivity index (χ3n) is 13.6. The number of anilines is 3. The number of nitrogens with zero attached hydrogens (tertiary/aromatic N) is 2. The van der Waals surface area contributed by atoms with E-state index in [0.29, 0.717) is 0 Å². The molecule has 0 saturated heterocycles. The molecule has 3 nitrogen and oxygen atoms in total. The molecule has 10 aromatic carbocycles. The Hall–Kier alpha value is -7.79. The summed E-state index contributed by atoms with van der Waals surface area (Å²) in [5.41, 5.74) is 15.5. The van der Waals surface area contributed by atoms with Crippen molar-refractivity contribution in [1.29, 1.82) is 0 Å². The zero-order valence-corrected chi connectivity index (χ0v) is 34.8. The van der Waals surface area contributed by atoms with Crippen molar-refractivity contribution in [3.05, 3.63) is 241 Å². The van der Waals surface area contributed by atoms with E-state index in [0.717, 1.165) is 50.2 Å². The number of para-hydroxylation sites is 3. The van der Waals surface area contributed by atoms with Crippen LogP contribution in [0.3, 0.4) is 0 Å². The minimum absolute atomic E-state index is 0.576. The highest BCUT2D eigenvalue weighted by Gasteiger charge is 2.51. The van der Waals surface area contributed by atoms with Crippen molar-refractivity contribution in [2.75, 3.05) is 4.90 Å². The van der Waals surface area contributed by atoms with E-state index in [4.69, 9.17) is 4.42 Å². The largest absolute Gasteiger partial charge is 0.454 e. The summed E-state index contributed by atoms with van der Waals surface area (Å²) >= 11 is 1.88. The Labute approximate surface area is 368 Å². The predicted octanol–water partition coefficient (Wildman–Crippen LogP) is 16.1. The van der Waals surface area contributed by atoms with Gasteiger partial charge in [-0.05, 0) is 117 Å². The normalized spacial score (nSPS) is 13.5. The molecule has 0 bridgehead atoms. The van der Waals surface area contributed by atoms with Crippen molar-refractivity contribution in [2.45, 2.75) is 15.2 Å². The lowest BCUT2D eigenvalue weighted by Crippen LogP contribution is -2.32. The van der Waals surface area contributed by atoms with Crippen molar-refractivity contribution in [2.24, 2.45) is 0 Å². The lowest BCUT2D eigenvalue weighted by atomic mass is 9.67. The van der Waals surface area contributed by atoms with Crippen LogP contribution >= 0.6 is 11.8 Å². The molecule has 3 heterocycles. The highest BCUT2D eigenvalue weighted by atomic mass is 32.2. The van der Waals surface area contributed by atoms with E-state index in [1.165, 1.54) is 70.2 Å². The molecule has 1 aliphatic heterocycles. The Morgan fingerprint density at radius 2 is 1.06 bits per heavy atom. The Balaban J connectivity index is 1.14. The molecule has 14 rings (SSSR count). The van der Waals surface area contributed by atoms with Crippen molar-refractivity contribution < 1.29 is 4.42 Å². The van der Waals surface area contributed by atoms with E-state index >= 15 is 0 Å². The maximum Gasteiger partial charge on any atom is 0.160 e. The van der Waals surface area contributed by atoms with Crippen LogP contribution < -0.4 is 4.90 Å². The van der Waals surface area contributed by atoms with Crippen molar-refractivity contribution in [3.8, 4) is 16.8 Å². The van der Waals surface area contributed by atoms with Gasteiger partial charge in [-0.2, -0.15) is 0 Å². The summed E-state index contributed by atoms with van der Waals surface area (Å²) < 4.78 is 9.61. The maximum atomic E-state index is 7.22.